The van der Waals surface area contributed by atoms with Crippen LogP contribution in [-0.2, 0) is 9.84 Å². The fourth-order valence-electron chi connectivity index (χ4n) is 3.11. The molecule has 0 saturated carbocycles. The van der Waals surface area contributed by atoms with E-state index in [1.54, 1.807) is 55.6 Å². The second-order valence-electron chi connectivity index (χ2n) is 6.92. The van der Waals surface area contributed by atoms with Crippen LogP contribution in [0.3, 0.4) is 0 Å². The minimum absolute atomic E-state index is 0.0120. The number of benzene rings is 3. The number of hydrogen-bond donors (Lipinski definition) is 1. The quantitative estimate of drug-likeness (QED) is 0.329. The molecular formula is C24H21ClN2O5S. The molecule has 1 aromatic heterocycles. The number of halogens is 1. The Balaban J connectivity index is 1.79. The van der Waals surface area contributed by atoms with Gasteiger partial charge in [-0.25, -0.2) is 8.42 Å². The number of rotatable bonds is 8. The molecule has 0 aliphatic carbocycles. The fourth-order valence-corrected chi connectivity index (χ4v) is 4.49. The van der Waals surface area contributed by atoms with Crippen molar-refractivity contribution in [3.63, 3.8) is 0 Å². The predicted molar refractivity (Wildman–Crippen MR) is 126 cm³/mol. The molecular weight excluding hydrogens is 464 g/mol. The summed E-state index contributed by atoms with van der Waals surface area (Å²) >= 11 is 5.93. The summed E-state index contributed by atoms with van der Waals surface area (Å²) in [5, 5.41) is 3.21. The van der Waals surface area contributed by atoms with Crippen molar-refractivity contribution in [2.24, 2.45) is 0 Å². The number of hydrogen-bond acceptors (Lipinski definition) is 7. The van der Waals surface area contributed by atoms with E-state index in [0.717, 1.165) is 0 Å². The zero-order chi connectivity index (χ0) is 23.4. The smallest absolute Gasteiger partial charge is 0.238 e. The van der Waals surface area contributed by atoms with Gasteiger partial charge in [-0.15, -0.1) is 0 Å². The highest BCUT2D eigenvalue weighted by Crippen LogP contribution is 2.35. The summed E-state index contributed by atoms with van der Waals surface area (Å²) in [6.07, 6.45) is 0. The van der Waals surface area contributed by atoms with Crippen molar-refractivity contribution in [1.82, 2.24) is 4.98 Å². The third-order valence-electron chi connectivity index (χ3n) is 4.71. The first-order valence-electron chi connectivity index (χ1n) is 10.1. The Morgan fingerprint density at radius 1 is 1.00 bits per heavy atom. The minimum Gasteiger partial charge on any atom is -0.497 e. The van der Waals surface area contributed by atoms with E-state index in [4.69, 9.17) is 25.5 Å². The van der Waals surface area contributed by atoms with Gasteiger partial charge in [0, 0.05) is 22.3 Å². The van der Waals surface area contributed by atoms with Gasteiger partial charge in [-0.05, 0) is 67.6 Å². The largest absolute Gasteiger partial charge is 0.497 e. The zero-order valence-electron chi connectivity index (χ0n) is 17.9. The molecule has 0 bridgehead atoms. The number of ether oxygens (including phenoxy) is 2. The van der Waals surface area contributed by atoms with Crippen LogP contribution < -0.4 is 14.8 Å². The topological polar surface area (TPSA) is 90.7 Å². The minimum atomic E-state index is -4.01. The van der Waals surface area contributed by atoms with Crippen LogP contribution in [0, 0.1) is 0 Å². The van der Waals surface area contributed by atoms with Gasteiger partial charge in [-0.3, -0.25) is 0 Å². The van der Waals surface area contributed by atoms with E-state index in [1.807, 2.05) is 6.92 Å². The summed E-state index contributed by atoms with van der Waals surface area (Å²) < 4.78 is 43.4. The number of oxazole rings is 1. The molecule has 33 heavy (non-hydrogen) atoms. The van der Waals surface area contributed by atoms with Crippen molar-refractivity contribution in [1.29, 1.82) is 0 Å². The van der Waals surface area contributed by atoms with Gasteiger partial charge in [0.05, 0.1) is 18.6 Å². The van der Waals surface area contributed by atoms with Gasteiger partial charge in [-0.2, -0.15) is 4.98 Å². The Bertz CT molecular complexity index is 1350. The van der Waals surface area contributed by atoms with E-state index in [0.29, 0.717) is 34.4 Å². The van der Waals surface area contributed by atoms with Crippen LogP contribution in [0.4, 0.5) is 11.6 Å². The van der Waals surface area contributed by atoms with Crippen molar-refractivity contribution in [3.05, 3.63) is 77.8 Å². The van der Waals surface area contributed by atoms with Crippen LogP contribution in [0.15, 0.2) is 87.1 Å². The molecule has 3 aromatic carbocycles. The standard InChI is InChI=1S/C24H21ClN2O5S/c1-3-31-19-11-7-16(8-12-19)22-27-24(33(28,29)21-13-9-17(25)10-14-21)23(32-22)26-18-5-4-6-20(15-18)30-2/h4-15,26H,3H2,1-2H3. The number of sulfone groups is 1. The summed E-state index contributed by atoms with van der Waals surface area (Å²) in [5.74, 6) is 1.43. The molecule has 0 amide bonds. The molecule has 7 nitrogen and oxygen atoms in total. The highest BCUT2D eigenvalue weighted by atomic mass is 35.5. The molecule has 4 aromatic rings. The monoisotopic (exact) mass is 484 g/mol. The van der Waals surface area contributed by atoms with Gasteiger partial charge in [-0.1, -0.05) is 17.7 Å². The van der Waals surface area contributed by atoms with Crippen molar-refractivity contribution < 1.29 is 22.3 Å². The van der Waals surface area contributed by atoms with E-state index < -0.39 is 9.84 Å². The Kier molecular flexibility index (Phi) is 6.57. The molecule has 0 aliphatic rings. The Hall–Kier alpha value is -3.49. The van der Waals surface area contributed by atoms with E-state index in [9.17, 15) is 8.42 Å². The predicted octanol–water partition coefficient (Wildman–Crippen LogP) is 5.98. The zero-order valence-corrected chi connectivity index (χ0v) is 19.5. The first-order valence-corrected chi connectivity index (χ1v) is 11.9. The van der Waals surface area contributed by atoms with Crippen LogP contribution in [0.5, 0.6) is 11.5 Å². The maximum Gasteiger partial charge on any atom is 0.238 e. The van der Waals surface area contributed by atoms with Crippen molar-refractivity contribution in [2.75, 3.05) is 19.0 Å². The van der Waals surface area contributed by atoms with Crippen LogP contribution in [0.2, 0.25) is 5.02 Å². The van der Waals surface area contributed by atoms with Crippen LogP contribution in [0.25, 0.3) is 11.5 Å². The van der Waals surface area contributed by atoms with Gasteiger partial charge in [0.2, 0.25) is 26.6 Å². The van der Waals surface area contributed by atoms with Crippen molar-refractivity contribution in [2.45, 2.75) is 16.8 Å². The highest BCUT2D eigenvalue weighted by Gasteiger charge is 2.29. The van der Waals surface area contributed by atoms with Gasteiger partial charge < -0.3 is 19.2 Å². The highest BCUT2D eigenvalue weighted by molar-refractivity contribution is 7.91. The molecule has 9 heteroatoms. The normalized spacial score (nSPS) is 11.2. The van der Waals surface area contributed by atoms with E-state index in [2.05, 4.69) is 10.3 Å². The molecule has 0 aliphatic heterocycles. The third kappa shape index (κ3) is 4.97. The maximum absolute atomic E-state index is 13.4. The second kappa shape index (κ2) is 9.56. The lowest BCUT2D eigenvalue weighted by molar-refractivity contribution is 0.340. The number of methoxy groups -OCH3 is 1. The lowest BCUT2D eigenvalue weighted by Gasteiger charge is -2.07. The maximum atomic E-state index is 13.4. The number of aromatic nitrogens is 1. The van der Waals surface area contributed by atoms with Crippen LogP contribution in [0.1, 0.15) is 6.92 Å². The average molecular weight is 485 g/mol. The summed E-state index contributed by atoms with van der Waals surface area (Å²) in [6.45, 7) is 2.43. The molecule has 0 fully saturated rings. The molecule has 0 radical (unpaired) electrons. The number of nitrogens with one attached hydrogen (secondary N) is 1. The van der Waals surface area contributed by atoms with Gasteiger partial charge in [0.25, 0.3) is 0 Å². The molecule has 0 spiro atoms. The molecule has 0 unspecified atom stereocenters. The Morgan fingerprint density at radius 2 is 1.73 bits per heavy atom. The summed E-state index contributed by atoms with van der Waals surface area (Å²) in [5.41, 5.74) is 1.18. The molecule has 1 heterocycles. The summed E-state index contributed by atoms with van der Waals surface area (Å²) in [7, 11) is -2.46. The van der Waals surface area contributed by atoms with Crippen LogP contribution in [-0.4, -0.2) is 27.1 Å². The molecule has 0 saturated heterocycles. The van der Waals surface area contributed by atoms with E-state index in [1.165, 1.54) is 24.3 Å². The van der Waals surface area contributed by atoms with Gasteiger partial charge in [0.1, 0.15) is 11.5 Å². The SMILES string of the molecule is CCOc1ccc(-c2nc(S(=O)(=O)c3ccc(Cl)cc3)c(Nc3cccc(OC)c3)o2)cc1. The third-order valence-corrected chi connectivity index (χ3v) is 6.64. The summed E-state index contributed by atoms with van der Waals surface area (Å²) in [6, 6.07) is 20.0. The molecule has 1 N–H and O–H groups in total. The lowest BCUT2D eigenvalue weighted by atomic mass is 10.2. The van der Waals surface area contributed by atoms with E-state index in [-0.39, 0.29) is 21.7 Å². The first-order chi connectivity index (χ1) is 15.9. The van der Waals surface area contributed by atoms with Gasteiger partial charge >= 0.3 is 0 Å². The second-order valence-corrected chi connectivity index (χ2v) is 9.23. The van der Waals surface area contributed by atoms with Crippen LogP contribution >= 0.6 is 11.6 Å². The molecule has 0 atom stereocenters. The lowest BCUT2D eigenvalue weighted by Crippen LogP contribution is -2.05. The first kappa shape index (κ1) is 22.7. The average Bonchev–Trinajstić information content (AvgIpc) is 3.25. The fraction of sp³-hybridized carbons (Fsp3) is 0.125. The van der Waals surface area contributed by atoms with Crippen molar-refractivity contribution in [3.8, 4) is 23.0 Å². The number of nitrogens with zero attached hydrogens (tertiary/aromatic N) is 1. The molecule has 4 rings (SSSR count). The van der Waals surface area contributed by atoms with Gasteiger partial charge in [0.15, 0.2) is 0 Å². The molecule has 170 valence electrons. The Morgan fingerprint density at radius 3 is 2.39 bits per heavy atom. The summed E-state index contributed by atoms with van der Waals surface area (Å²) in [4.78, 5) is 4.39. The Labute approximate surface area is 196 Å². The van der Waals surface area contributed by atoms with E-state index >= 15 is 0 Å². The number of anilines is 2. The van der Waals surface area contributed by atoms with Crippen molar-refractivity contribution >= 4 is 33.0 Å².